The lowest BCUT2D eigenvalue weighted by molar-refractivity contribution is -0.113. The van der Waals surface area contributed by atoms with Crippen LogP contribution in [0.3, 0.4) is 0 Å². The molecule has 2 aromatic rings. The number of nitrogens with one attached hydrogen (secondary N) is 1. The van der Waals surface area contributed by atoms with Gasteiger partial charge >= 0.3 is 0 Å². The van der Waals surface area contributed by atoms with E-state index in [4.69, 9.17) is 5.73 Å². The molecule has 0 aliphatic carbocycles. The van der Waals surface area contributed by atoms with Crippen LogP contribution in [0, 0.1) is 11.6 Å². The monoisotopic (exact) mass is 400 g/mol. The maximum Gasteiger partial charge on any atom is 0.251 e. The van der Waals surface area contributed by atoms with E-state index in [9.17, 15) is 18.4 Å². The number of carbonyl (C=O) groups is 2. The second-order valence-corrected chi connectivity index (χ2v) is 6.43. The Balaban J connectivity index is 2.03. The number of primary amides is 1. The van der Waals surface area contributed by atoms with Crippen LogP contribution in [0.1, 0.15) is 10.4 Å². The van der Waals surface area contributed by atoms with Gasteiger partial charge in [-0.3, -0.25) is 9.59 Å². The molecule has 0 unspecified atom stereocenters. The first-order valence-electron chi connectivity index (χ1n) is 6.34. The van der Waals surface area contributed by atoms with Crippen LogP contribution < -0.4 is 11.1 Å². The fourth-order valence-electron chi connectivity index (χ4n) is 1.70. The maximum absolute atomic E-state index is 13.6. The molecule has 0 aliphatic rings. The fraction of sp³-hybridized carbons (Fsp3) is 0.0667. The van der Waals surface area contributed by atoms with E-state index < -0.39 is 29.0 Å². The Labute approximate surface area is 143 Å². The molecule has 0 aromatic heterocycles. The molecular formula is C15H11BrF2N2O2S. The molecule has 0 aliphatic heterocycles. The Morgan fingerprint density at radius 2 is 1.78 bits per heavy atom. The van der Waals surface area contributed by atoms with Crippen LogP contribution in [-0.4, -0.2) is 17.6 Å². The van der Waals surface area contributed by atoms with Gasteiger partial charge in [-0.1, -0.05) is 15.9 Å². The van der Waals surface area contributed by atoms with Crippen molar-refractivity contribution in [3.05, 3.63) is 58.1 Å². The Morgan fingerprint density at radius 3 is 2.39 bits per heavy atom. The number of hydrogen-bond donors (Lipinski definition) is 2. The van der Waals surface area contributed by atoms with E-state index >= 15 is 0 Å². The highest BCUT2D eigenvalue weighted by atomic mass is 79.9. The van der Waals surface area contributed by atoms with Crippen molar-refractivity contribution in [2.24, 2.45) is 5.73 Å². The highest BCUT2D eigenvalue weighted by Crippen LogP contribution is 2.22. The van der Waals surface area contributed by atoms with E-state index in [0.717, 1.165) is 15.4 Å². The summed E-state index contributed by atoms with van der Waals surface area (Å²) in [5, 5.41) is 2.30. The highest BCUT2D eigenvalue weighted by Gasteiger charge is 2.15. The van der Waals surface area contributed by atoms with E-state index in [1.54, 1.807) is 0 Å². The van der Waals surface area contributed by atoms with Gasteiger partial charge in [-0.25, -0.2) is 8.78 Å². The minimum atomic E-state index is -1.07. The van der Waals surface area contributed by atoms with Gasteiger partial charge in [0.15, 0.2) is 0 Å². The third-order valence-electron chi connectivity index (χ3n) is 2.78. The van der Waals surface area contributed by atoms with Gasteiger partial charge in [-0.05, 0) is 30.3 Å². The number of hydrogen-bond acceptors (Lipinski definition) is 3. The first kappa shape index (κ1) is 17.4. The standard InChI is InChI=1S/C15H11BrF2N2O2S/c16-8-1-3-9(4-2-8)23-7-14(21)20-13-5-10(15(19)22)11(17)6-12(13)18/h1-6H,7H2,(H2,19,22)(H,20,21). The third kappa shape index (κ3) is 4.77. The van der Waals surface area contributed by atoms with Gasteiger partial charge in [0.2, 0.25) is 5.91 Å². The molecular weight excluding hydrogens is 390 g/mol. The summed E-state index contributed by atoms with van der Waals surface area (Å²) in [5.41, 5.74) is 4.21. The van der Waals surface area contributed by atoms with E-state index in [2.05, 4.69) is 21.2 Å². The van der Waals surface area contributed by atoms with Crippen molar-refractivity contribution >= 4 is 45.2 Å². The van der Waals surface area contributed by atoms with Crippen LogP contribution in [0.2, 0.25) is 0 Å². The summed E-state index contributed by atoms with van der Waals surface area (Å²) in [6.07, 6.45) is 0. The van der Waals surface area contributed by atoms with Crippen LogP contribution in [0.4, 0.5) is 14.5 Å². The lowest BCUT2D eigenvalue weighted by Gasteiger charge is -2.08. The highest BCUT2D eigenvalue weighted by molar-refractivity contribution is 9.10. The molecule has 3 N–H and O–H groups in total. The molecule has 0 fully saturated rings. The van der Waals surface area contributed by atoms with E-state index in [1.807, 2.05) is 24.3 Å². The van der Waals surface area contributed by atoms with Crippen molar-refractivity contribution in [1.82, 2.24) is 0 Å². The summed E-state index contributed by atoms with van der Waals surface area (Å²) in [4.78, 5) is 23.8. The number of nitrogens with two attached hydrogens (primary N) is 1. The smallest absolute Gasteiger partial charge is 0.251 e. The topological polar surface area (TPSA) is 72.2 Å². The lowest BCUT2D eigenvalue weighted by atomic mass is 10.1. The predicted octanol–water partition coefficient (Wildman–Crippen LogP) is 3.56. The molecule has 0 saturated heterocycles. The van der Waals surface area contributed by atoms with Crippen LogP contribution in [-0.2, 0) is 4.79 Å². The lowest BCUT2D eigenvalue weighted by Crippen LogP contribution is -2.18. The molecule has 2 rings (SSSR count). The minimum Gasteiger partial charge on any atom is -0.366 e. The molecule has 4 nitrogen and oxygen atoms in total. The van der Waals surface area contributed by atoms with Crippen molar-refractivity contribution in [1.29, 1.82) is 0 Å². The zero-order chi connectivity index (χ0) is 17.0. The van der Waals surface area contributed by atoms with Crippen molar-refractivity contribution in [2.45, 2.75) is 4.90 Å². The molecule has 2 aromatic carbocycles. The number of benzene rings is 2. The zero-order valence-electron chi connectivity index (χ0n) is 11.6. The summed E-state index contributed by atoms with van der Waals surface area (Å²) in [6.45, 7) is 0. The molecule has 23 heavy (non-hydrogen) atoms. The Bertz CT molecular complexity index is 754. The van der Waals surface area contributed by atoms with Gasteiger partial charge in [0.1, 0.15) is 11.6 Å². The first-order valence-corrected chi connectivity index (χ1v) is 8.11. The van der Waals surface area contributed by atoms with Gasteiger partial charge in [0.25, 0.3) is 5.91 Å². The van der Waals surface area contributed by atoms with E-state index in [0.29, 0.717) is 6.07 Å². The molecule has 0 saturated carbocycles. The molecule has 120 valence electrons. The average Bonchev–Trinajstić information content (AvgIpc) is 2.49. The number of halogens is 3. The molecule has 0 spiro atoms. The minimum absolute atomic E-state index is 0.0321. The SMILES string of the molecule is NC(=O)c1cc(NC(=O)CSc2ccc(Br)cc2)c(F)cc1F. The molecule has 0 bridgehead atoms. The van der Waals surface area contributed by atoms with Gasteiger partial charge in [0.05, 0.1) is 17.0 Å². The Morgan fingerprint density at radius 1 is 1.13 bits per heavy atom. The average molecular weight is 401 g/mol. The number of carbonyl (C=O) groups excluding carboxylic acids is 2. The summed E-state index contributed by atoms with van der Waals surface area (Å²) in [6, 6.07) is 8.71. The molecule has 2 amide bonds. The summed E-state index contributed by atoms with van der Waals surface area (Å²) in [5.74, 6) is -3.54. The van der Waals surface area contributed by atoms with Gasteiger partial charge in [-0.15, -0.1) is 11.8 Å². The van der Waals surface area contributed by atoms with Gasteiger partial charge in [0, 0.05) is 15.4 Å². The number of amides is 2. The molecule has 0 radical (unpaired) electrons. The normalized spacial score (nSPS) is 10.4. The molecule has 0 atom stereocenters. The Kier molecular flexibility index (Phi) is 5.73. The molecule has 8 heteroatoms. The van der Waals surface area contributed by atoms with Crippen molar-refractivity contribution < 1.29 is 18.4 Å². The van der Waals surface area contributed by atoms with Gasteiger partial charge < -0.3 is 11.1 Å². The van der Waals surface area contributed by atoms with Crippen LogP contribution in [0.15, 0.2) is 45.8 Å². The number of rotatable bonds is 5. The summed E-state index contributed by atoms with van der Waals surface area (Å²) < 4.78 is 27.9. The van der Waals surface area contributed by atoms with Crippen molar-refractivity contribution in [2.75, 3.05) is 11.1 Å². The van der Waals surface area contributed by atoms with Gasteiger partial charge in [-0.2, -0.15) is 0 Å². The second-order valence-electron chi connectivity index (χ2n) is 4.47. The summed E-state index contributed by atoms with van der Waals surface area (Å²) >= 11 is 4.56. The Hall–Kier alpha value is -1.93. The molecule has 0 heterocycles. The zero-order valence-corrected chi connectivity index (χ0v) is 14.0. The largest absolute Gasteiger partial charge is 0.366 e. The fourth-order valence-corrected chi connectivity index (χ4v) is 2.66. The second kappa shape index (κ2) is 7.56. The predicted molar refractivity (Wildman–Crippen MR) is 88.4 cm³/mol. The van der Waals surface area contributed by atoms with Crippen LogP contribution in [0.25, 0.3) is 0 Å². The number of anilines is 1. The van der Waals surface area contributed by atoms with Crippen molar-refractivity contribution in [3.63, 3.8) is 0 Å². The van der Waals surface area contributed by atoms with Crippen LogP contribution >= 0.6 is 27.7 Å². The number of thioether (sulfide) groups is 1. The maximum atomic E-state index is 13.6. The third-order valence-corrected chi connectivity index (χ3v) is 4.32. The quantitative estimate of drug-likeness (QED) is 0.753. The van der Waals surface area contributed by atoms with E-state index in [1.165, 1.54) is 11.8 Å². The van der Waals surface area contributed by atoms with E-state index in [-0.39, 0.29) is 11.4 Å². The van der Waals surface area contributed by atoms with Crippen LogP contribution in [0.5, 0.6) is 0 Å². The summed E-state index contributed by atoms with van der Waals surface area (Å²) in [7, 11) is 0. The first-order chi connectivity index (χ1) is 10.9. The van der Waals surface area contributed by atoms with Crippen molar-refractivity contribution in [3.8, 4) is 0 Å².